The van der Waals surface area contributed by atoms with Crippen molar-refractivity contribution in [1.82, 2.24) is 0 Å². The van der Waals surface area contributed by atoms with Gasteiger partial charge >= 0.3 is 5.97 Å². The second-order valence-electron chi connectivity index (χ2n) is 6.43. The SMILES string of the molecule is CCc1cccc(C)c1NC(=O)COC(=O)C1Oc2ccccc2OC1C. The molecule has 0 saturated carbocycles. The average Bonchev–Trinajstić information content (AvgIpc) is 2.67. The predicted octanol–water partition coefficient (Wildman–Crippen LogP) is 3.27. The summed E-state index contributed by atoms with van der Waals surface area (Å²) in [7, 11) is 0. The van der Waals surface area contributed by atoms with E-state index in [1.807, 2.05) is 38.1 Å². The third kappa shape index (κ3) is 4.22. The fraction of sp³-hybridized carbons (Fsp3) is 0.333. The van der Waals surface area contributed by atoms with Crippen molar-refractivity contribution in [2.24, 2.45) is 0 Å². The molecule has 3 rings (SSSR count). The van der Waals surface area contributed by atoms with E-state index in [2.05, 4.69) is 5.32 Å². The molecule has 0 aliphatic carbocycles. The van der Waals surface area contributed by atoms with Crippen LogP contribution in [0.1, 0.15) is 25.0 Å². The van der Waals surface area contributed by atoms with Crippen molar-refractivity contribution in [2.75, 3.05) is 11.9 Å². The van der Waals surface area contributed by atoms with Crippen LogP contribution in [-0.4, -0.2) is 30.7 Å². The Labute approximate surface area is 158 Å². The van der Waals surface area contributed by atoms with Crippen LogP contribution in [0.15, 0.2) is 42.5 Å². The van der Waals surface area contributed by atoms with Gasteiger partial charge in [-0.1, -0.05) is 37.3 Å². The Bertz CT molecular complexity index is 848. The fourth-order valence-electron chi connectivity index (χ4n) is 2.98. The van der Waals surface area contributed by atoms with E-state index in [1.165, 1.54) is 0 Å². The van der Waals surface area contributed by atoms with Gasteiger partial charge in [0.15, 0.2) is 18.1 Å². The lowest BCUT2D eigenvalue weighted by atomic mass is 10.1. The molecule has 1 aliphatic heterocycles. The summed E-state index contributed by atoms with van der Waals surface area (Å²) in [4.78, 5) is 24.6. The number of para-hydroxylation sites is 3. The minimum absolute atomic E-state index is 0.384. The maximum absolute atomic E-state index is 12.4. The molecule has 1 aliphatic rings. The van der Waals surface area contributed by atoms with E-state index >= 15 is 0 Å². The van der Waals surface area contributed by atoms with E-state index in [9.17, 15) is 9.59 Å². The van der Waals surface area contributed by atoms with Gasteiger partial charge < -0.3 is 19.5 Å². The second kappa shape index (κ2) is 8.12. The number of aryl methyl sites for hydroxylation is 2. The quantitative estimate of drug-likeness (QED) is 0.819. The molecular formula is C21H23NO5. The number of fused-ring (bicyclic) bond motifs is 1. The zero-order valence-corrected chi connectivity index (χ0v) is 15.7. The van der Waals surface area contributed by atoms with Crippen molar-refractivity contribution in [2.45, 2.75) is 39.4 Å². The van der Waals surface area contributed by atoms with Crippen LogP contribution in [0.5, 0.6) is 11.5 Å². The summed E-state index contributed by atoms with van der Waals surface area (Å²) in [5.74, 6) is 0.0396. The standard InChI is InChI=1S/C21H23NO5/c1-4-15-9-7-8-13(2)19(15)22-18(23)12-25-21(24)20-14(3)26-16-10-5-6-11-17(16)27-20/h5-11,14,20H,4,12H2,1-3H3,(H,22,23). The van der Waals surface area contributed by atoms with Gasteiger partial charge in [0.25, 0.3) is 5.91 Å². The van der Waals surface area contributed by atoms with E-state index in [4.69, 9.17) is 14.2 Å². The molecule has 142 valence electrons. The van der Waals surface area contributed by atoms with Gasteiger partial charge in [0.05, 0.1) is 0 Å². The van der Waals surface area contributed by atoms with Crippen molar-refractivity contribution in [3.63, 3.8) is 0 Å². The van der Waals surface area contributed by atoms with E-state index in [-0.39, 0.29) is 6.61 Å². The minimum atomic E-state index is -0.919. The van der Waals surface area contributed by atoms with Crippen molar-refractivity contribution in [1.29, 1.82) is 0 Å². The zero-order valence-electron chi connectivity index (χ0n) is 15.7. The van der Waals surface area contributed by atoms with Gasteiger partial charge in [-0.05, 0) is 43.5 Å². The number of carbonyl (C=O) groups excluding carboxylic acids is 2. The first-order valence-corrected chi connectivity index (χ1v) is 8.97. The molecule has 6 heteroatoms. The molecule has 1 amide bonds. The Kier molecular flexibility index (Phi) is 5.64. The van der Waals surface area contributed by atoms with E-state index < -0.39 is 24.1 Å². The third-order valence-electron chi connectivity index (χ3n) is 4.42. The smallest absolute Gasteiger partial charge is 0.351 e. The highest BCUT2D eigenvalue weighted by molar-refractivity contribution is 5.94. The molecule has 1 heterocycles. The van der Waals surface area contributed by atoms with Crippen molar-refractivity contribution < 1.29 is 23.8 Å². The molecule has 1 N–H and O–H groups in total. The van der Waals surface area contributed by atoms with Gasteiger partial charge in [-0.3, -0.25) is 4.79 Å². The molecular weight excluding hydrogens is 346 g/mol. The van der Waals surface area contributed by atoms with Gasteiger partial charge in [0.2, 0.25) is 6.10 Å². The van der Waals surface area contributed by atoms with E-state index in [1.54, 1.807) is 25.1 Å². The highest BCUT2D eigenvalue weighted by Crippen LogP contribution is 2.33. The number of nitrogens with one attached hydrogen (secondary N) is 1. The van der Waals surface area contributed by atoms with Gasteiger partial charge in [-0.25, -0.2) is 4.79 Å². The molecule has 0 saturated heterocycles. The minimum Gasteiger partial charge on any atom is -0.482 e. The topological polar surface area (TPSA) is 73.9 Å². The molecule has 0 fully saturated rings. The molecule has 0 aromatic heterocycles. The maximum Gasteiger partial charge on any atom is 0.351 e. The monoisotopic (exact) mass is 369 g/mol. The fourth-order valence-corrected chi connectivity index (χ4v) is 2.98. The van der Waals surface area contributed by atoms with E-state index in [0.29, 0.717) is 11.5 Å². The van der Waals surface area contributed by atoms with Gasteiger partial charge in [-0.15, -0.1) is 0 Å². The van der Waals surface area contributed by atoms with Crippen molar-refractivity contribution in [3.8, 4) is 11.5 Å². The Hall–Kier alpha value is -3.02. The van der Waals surface area contributed by atoms with Crippen LogP contribution in [0.2, 0.25) is 0 Å². The van der Waals surface area contributed by atoms with Crippen LogP contribution in [0.25, 0.3) is 0 Å². The third-order valence-corrected chi connectivity index (χ3v) is 4.42. The number of ether oxygens (including phenoxy) is 3. The summed E-state index contributed by atoms with van der Waals surface area (Å²) in [5.41, 5.74) is 2.76. The summed E-state index contributed by atoms with van der Waals surface area (Å²) in [6, 6.07) is 12.9. The largest absolute Gasteiger partial charge is 0.482 e. The summed E-state index contributed by atoms with van der Waals surface area (Å²) < 4.78 is 16.5. The Morgan fingerprint density at radius 2 is 1.78 bits per heavy atom. The number of hydrogen-bond donors (Lipinski definition) is 1. The molecule has 0 spiro atoms. The summed E-state index contributed by atoms with van der Waals surface area (Å²) in [6.45, 7) is 5.28. The summed E-state index contributed by atoms with van der Waals surface area (Å²) in [6.07, 6.45) is -0.641. The summed E-state index contributed by atoms with van der Waals surface area (Å²) in [5, 5.41) is 2.83. The molecule has 6 nitrogen and oxygen atoms in total. The number of amides is 1. The van der Waals surface area contributed by atoms with Crippen molar-refractivity contribution >= 4 is 17.6 Å². The molecule has 0 radical (unpaired) electrons. The predicted molar refractivity (Wildman–Crippen MR) is 101 cm³/mol. The number of esters is 1. The first kappa shape index (κ1) is 18.8. The molecule has 2 atom stereocenters. The number of anilines is 1. The molecule has 2 aromatic rings. The maximum atomic E-state index is 12.4. The Morgan fingerprint density at radius 3 is 2.48 bits per heavy atom. The highest BCUT2D eigenvalue weighted by atomic mass is 16.6. The summed E-state index contributed by atoms with van der Waals surface area (Å²) >= 11 is 0. The van der Waals surface area contributed by atoms with E-state index in [0.717, 1.165) is 23.2 Å². The molecule has 0 bridgehead atoms. The van der Waals surface area contributed by atoms with Gasteiger partial charge in [0, 0.05) is 5.69 Å². The van der Waals surface area contributed by atoms with Crippen LogP contribution < -0.4 is 14.8 Å². The molecule has 2 aromatic carbocycles. The normalized spacial score (nSPS) is 17.9. The lowest BCUT2D eigenvalue weighted by Crippen LogP contribution is -2.45. The Balaban J connectivity index is 1.59. The van der Waals surface area contributed by atoms with Crippen LogP contribution in [0.4, 0.5) is 5.69 Å². The van der Waals surface area contributed by atoms with Crippen LogP contribution in [0.3, 0.4) is 0 Å². The highest BCUT2D eigenvalue weighted by Gasteiger charge is 2.35. The number of hydrogen-bond acceptors (Lipinski definition) is 5. The molecule has 2 unspecified atom stereocenters. The number of benzene rings is 2. The van der Waals surface area contributed by atoms with Crippen LogP contribution in [-0.2, 0) is 20.7 Å². The second-order valence-corrected chi connectivity index (χ2v) is 6.43. The van der Waals surface area contributed by atoms with Gasteiger partial charge in [0.1, 0.15) is 6.10 Å². The number of rotatable bonds is 5. The molecule has 27 heavy (non-hydrogen) atoms. The Morgan fingerprint density at radius 1 is 1.07 bits per heavy atom. The zero-order chi connectivity index (χ0) is 19.4. The number of carbonyl (C=O) groups is 2. The van der Waals surface area contributed by atoms with Crippen LogP contribution >= 0.6 is 0 Å². The lowest BCUT2D eigenvalue weighted by Gasteiger charge is -2.30. The van der Waals surface area contributed by atoms with Crippen molar-refractivity contribution in [3.05, 3.63) is 53.6 Å². The first-order chi connectivity index (χ1) is 13.0. The van der Waals surface area contributed by atoms with Gasteiger partial charge in [-0.2, -0.15) is 0 Å². The average molecular weight is 369 g/mol. The van der Waals surface area contributed by atoms with Crippen LogP contribution in [0, 0.1) is 6.92 Å². The lowest BCUT2D eigenvalue weighted by molar-refractivity contribution is -0.159. The first-order valence-electron chi connectivity index (χ1n) is 8.97.